The molecule has 0 bridgehead atoms. The highest BCUT2D eigenvalue weighted by atomic mass is 19.4. The molecule has 22 heavy (non-hydrogen) atoms. The van der Waals surface area contributed by atoms with Crippen LogP contribution in [-0.4, -0.2) is 16.5 Å². The minimum absolute atomic E-state index is 0.191. The summed E-state index contributed by atoms with van der Waals surface area (Å²) in [5, 5.41) is 0. The maximum absolute atomic E-state index is 13.3. The van der Waals surface area contributed by atoms with Crippen molar-refractivity contribution in [1.82, 2.24) is 9.38 Å². The van der Waals surface area contributed by atoms with Gasteiger partial charge in [0, 0.05) is 24.0 Å². The van der Waals surface area contributed by atoms with E-state index in [4.69, 9.17) is 4.74 Å². The molecule has 0 unspecified atom stereocenters. The quantitative estimate of drug-likeness (QED) is 0.664. The summed E-state index contributed by atoms with van der Waals surface area (Å²) >= 11 is 0. The molecule has 0 spiro atoms. The minimum atomic E-state index is -4.75. The molecular formula is C15H10F4N2O. The van der Waals surface area contributed by atoms with Crippen molar-refractivity contribution >= 4 is 5.65 Å². The number of methoxy groups -OCH3 is 1. The summed E-state index contributed by atoms with van der Waals surface area (Å²) in [6.45, 7) is 0. The largest absolute Gasteiger partial charge is 0.497 e. The van der Waals surface area contributed by atoms with E-state index in [0.717, 1.165) is 12.1 Å². The van der Waals surface area contributed by atoms with Gasteiger partial charge in [-0.2, -0.15) is 13.2 Å². The number of ether oxygens (including phenoxy) is 1. The lowest BCUT2D eigenvalue weighted by Crippen LogP contribution is -2.08. The lowest BCUT2D eigenvalue weighted by atomic mass is 10.1. The zero-order valence-electron chi connectivity index (χ0n) is 11.4. The molecule has 0 radical (unpaired) electrons. The number of hydrogen-bond donors (Lipinski definition) is 0. The van der Waals surface area contributed by atoms with E-state index in [1.165, 1.54) is 13.2 Å². The molecular weight excluding hydrogens is 300 g/mol. The number of hydrogen-bond acceptors (Lipinski definition) is 2. The Kier molecular flexibility index (Phi) is 3.27. The van der Waals surface area contributed by atoms with E-state index in [-0.39, 0.29) is 5.56 Å². The maximum Gasteiger partial charge on any atom is 0.419 e. The summed E-state index contributed by atoms with van der Waals surface area (Å²) in [7, 11) is 1.51. The standard InChI is InChI=1S/C15H10F4N2O/c1-22-10-4-5-21-8-13(20-14(21)7-10)9-2-3-12(16)11(6-9)15(17,18)19/h2-8H,1H3. The van der Waals surface area contributed by atoms with Gasteiger partial charge in [-0.1, -0.05) is 0 Å². The summed E-state index contributed by atoms with van der Waals surface area (Å²) in [6.07, 6.45) is -1.50. The lowest BCUT2D eigenvalue weighted by molar-refractivity contribution is -0.139. The summed E-state index contributed by atoms with van der Waals surface area (Å²) in [4.78, 5) is 4.24. The molecule has 0 aliphatic heterocycles. The molecule has 7 heteroatoms. The highest BCUT2D eigenvalue weighted by Gasteiger charge is 2.34. The molecule has 3 aromatic rings. The second-order valence-electron chi connectivity index (χ2n) is 4.65. The SMILES string of the molecule is COc1ccn2cc(-c3ccc(F)c(C(F)(F)F)c3)nc2c1. The maximum atomic E-state index is 13.3. The van der Waals surface area contributed by atoms with Gasteiger partial charge in [0.25, 0.3) is 0 Å². The molecule has 0 atom stereocenters. The first-order chi connectivity index (χ1) is 10.4. The van der Waals surface area contributed by atoms with Gasteiger partial charge < -0.3 is 9.14 Å². The molecule has 2 heterocycles. The number of fused-ring (bicyclic) bond motifs is 1. The monoisotopic (exact) mass is 310 g/mol. The van der Waals surface area contributed by atoms with Gasteiger partial charge in [0.15, 0.2) is 0 Å². The van der Waals surface area contributed by atoms with E-state index in [1.807, 2.05) is 0 Å². The van der Waals surface area contributed by atoms with Crippen molar-refractivity contribution in [3.63, 3.8) is 0 Å². The fourth-order valence-corrected chi connectivity index (χ4v) is 2.13. The Morgan fingerprint density at radius 2 is 1.91 bits per heavy atom. The highest BCUT2D eigenvalue weighted by Crippen LogP contribution is 2.34. The van der Waals surface area contributed by atoms with Crippen LogP contribution in [0.1, 0.15) is 5.56 Å². The first-order valence-electron chi connectivity index (χ1n) is 6.28. The normalized spacial score (nSPS) is 11.9. The Balaban J connectivity index is 2.11. The smallest absolute Gasteiger partial charge is 0.419 e. The summed E-state index contributed by atoms with van der Waals surface area (Å²) < 4.78 is 58.3. The Bertz CT molecular complexity index is 839. The predicted molar refractivity (Wildman–Crippen MR) is 72.1 cm³/mol. The van der Waals surface area contributed by atoms with Crippen molar-refractivity contribution in [3.8, 4) is 17.0 Å². The number of pyridine rings is 1. The fraction of sp³-hybridized carbons (Fsp3) is 0.133. The molecule has 0 saturated heterocycles. The number of rotatable bonds is 2. The van der Waals surface area contributed by atoms with Gasteiger partial charge in [0.05, 0.1) is 18.4 Å². The second kappa shape index (κ2) is 5.01. The van der Waals surface area contributed by atoms with E-state index < -0.39 is 17.6 Å². The van der Waals surface area contributed by atoms with E-state index in [0.29, 0.717) is 17.1 Å². The molecule has 1 aromatic carbocycles. The Morgan fingerprint density at radius 1 is 1.14 bits per heavy atom. The minimum Gasteiger partial charge on any atom is -0.497 e. The van der Waals surface area contributed by atoms with Crippen molar-refractivity contribution in [2.45, 2.75) is 6.18 Å². The third-order valence-electron chi connectivity index (χ3n) is 3.23. The summed E-state index contributed by atoms with van der Waals surface area (Å²) in [5.41, 5.74) is -0.276. The first kappa shape index (κ1) is 14.4. The Hall–Kier alpha value is -2.57. The molecule has 0 aliphatic carbocycles. The number of aromatic nitrogens is 2. The van der Waals surface area contributed by atoms with E-state index in [2.05, 4.69) is 4.98 Å². The molecule has 0 aliphatic rings. The van der Waals surface area contributed by atoms with Crippen molar-refractivity contribution in [2.24, 2.45) is 0 Å². The van der Waals surface area contributed by atoms with Gasteiger partial charge in [0.1, 0.15) is 17.2 Å². The molecule has 3 nitrogen and oxygen atoms in total. The third kappa shape index (κ3) is 2.49. The summed E-state index contributed by atoms with van der Waals surface area (Å²) in [6, 6.07) is 6.17. The predicted octanol–water partition coefficient (Wildman–Crippen LogP) is 4.17. The van der Waals surface area contributed by atoms with Crippen LogP contribution >= 0.6 is 0 Å². The van der Waals surface area contributed by atoms with Gasteiger partial charge in [-0.3, -0.25) is 0 Å². The van der Waals surface area contributed by atoms with E-state index in [1.54, 1.807) is 28.9 Å². The average Bonchev–Trinajstić information content (AvgIpc) is 2.89. The molecule has 0 saturated carbocycles. The van der Waals surface area contributed by atoms with Crippen molar-refractivity contribution < 1.29 is 22.3 Å². The lowest BCUT2D eigenvalue weighted by Gasteiger charge is -2.08. The topological polar surface area (TPSA) is 26.5 Å². The van der Waals surface area contributed by atoms with E-state index >= 15 is 0 Å². The second-order valence-corrected chi connectivity index (χ2v) is 4.65. The van der Waals surface area contributed by atoms with Crippen LogP contribution in [0, 0.1) is 5.82 Å². The molecule has 0 amide bonds. The van der Waals surface area contributed by atoms with Gasteiger partial charge in [-0.05, 0) is 24.3 Å². The van der Waals surface area contributed by atoms with Crippen LogP contribution in [0.2, 0.25) is 0 Å². The van der Waals surface area contributed by atoms with Gasteiger partial charge >= 0.3 is 6.18 Å². The average molecular weight is 310 g/mol. The Morgan fingerprint density at radius 3 is 2.59 bits per heavy atom. The van der Waals surface area contributed by atoms with Gasteiger partial charge in [-0.25, -0.2) is 9.37 Å². The number of nitrogens with zero attached hydrogens (tertiary/aromatic N) is 2. The van der Waals surface area contributed by atoms with Crippen molar-refractivity contribution in [3.05, 3.63) is 54.1 Å². The zero-order valence-corrected chi connectivity index (χ0v) is 11.4. The van der Waals surface area contributed by atoms with E-state index in [9.17, 15) is 17.6 Å². The first-order valence-corrected chi connectivity index (χ1v) is 6.28. The van der Waals surface area contributed by atoms with Crippen molar-refractivity contribution in [2.75, 3.05) is 7.11 Å². The van der Waals surface area contributed by atoms with Gasteiger partial charge in [0.2, 0.25) is 0 Å². The molecule has 2 aromatic heterocycles. The fourth-order valence-electron chi connectivity index (χ4n) is 2.13. The highest BCUT2D eigenvalue weighted by molar-refractivity contribution is 5.64. The van der Waals surface area contributed by atoms with Crippen LogP contribution < -0.4 is 4.74 Å². The van der Waals surface area contributed by atoms with Crippen LogP contribution in [0.4, 0.5) is 17.6 Å². The van der Waals surface area contributed by atoms with Gasteiger partial charge in [-0.15, -0.1) is 0 Å². The zero-order chi connectivity index (χ0) is 15.9. The molecule has 114 valence electrons. The summed E-state index contributed by atoms with van der Waals surface area (Å²) in [5.74, 6) is -0.721. The number of imidazole rings is 1. The molecule has 3 rings (SSSR count). The molecule has 0 N–H and O–H groups in total. The van der Waals surface area contributed by atoms with Crippen molar-refractivity contribution in [1.29, 1.82) is 0 Å². The molecule has 0 fully saturated rings. The van der Waals surface area contributed by atoms with Crippen LogP contribution in [0.25, 0.3) is 16.9 Å². The third-order valence-corrected chi connectivity index (χ3v) is 3.23. The van der Waals surface area contributed by atoms with Crippen LogP contribution in [0.3, 0.4) is 0 Å². The Labute approximate surface area is 122 Å². The number of benzene rings is 1. The van der Waals surface area contributed by atoms with Crippen LogP contribution in [-0.2, 0) is 6.18 Å². The van der Waals surface area contributed by atoms with Crippen LogP contribution in [0.5, 0.6) is 5.75 Å². The van der Waals surface area contributed by atoms with Crippen LogP contribution in [0.15, 0.2) is 42.7 Å². The number of halogens is 4. The number of alkyl halides is 3.